The van der Waals surface area contributed by atoms with Crippen molar-refractivity contribution in [3.8, 4) is 5.75 Å². The van der Waals surface area contributed by atoms with Crippen molar-refractivity contribution in [2.45, 2.75) is 11.8 Å². The zero-order valence-corrected chi connectivity index (χ0v) is 14.7. The number of benzene rings is 3. The maximum Gasteiger partial charge on any atom is 0.339 e. The highest BCUT2D eigenvalue weighted by atomic mass is 35.5. The molecule has 0 radical (unpaired) electrons. The van der Waals surface area contributed by atoms with Crippen LogP contribution < -0.4 is 0 Å². The average molecular weight is 373 g/mol. The third kappa shape index (κ3) is 3.18. The standard InChI is InChI=1S/C18H13ClN2O3S/c1-9-13(6-7-14(25)15(9)19)20-21-16-11-5-3-2-4-10(11)8-12(17(16)22)18(23)24/h2-8,22,25H,1H3,(H,23,24). The fourth-order valence-corrected chi connectivity index (χ4v) is 2.86. The number of aromatic hydroxyl groups is 1. The normalized spacial score (nSPS) is 11.3. The Labute approximate surface area is 154 Å². The van der Waals surface area contributed by atoms with Gasteiger partial charge in [-0.15, -0.1) is 17.7 Å². The van der Waals surface area contributed by atoms with Crippen molar-refractivity contribution in [3.05, 3.63) is 58.6 Å². The first-order valence-corrected chi connectivity index (χ1v) is 8.10. The predicted octanol–water partition coefficient (Wildman–Crippen LogP) is 5.91. The third-order valence-corrected chi connectivity index (χ3v) is 4.81. The Hall–Kier alpha value is -2.57. The van der Waals surface area contributed by atoms with Crippen LogP contribution in [-0.2, 0) is 0 Å². The molecule has 0 atom stereocenters. The van der Waals surface area contributed by atoms with E-state index in [0.29, 0.717) is 31.9 Å². The van der Waals surface area contributed by atoms with E-state index in [1.165, 1.54) is 6.07 Å². The molecule has 3 aromatic rings. The summed E-state index contributed by atoms with van der Waals surface area (Å²) in [5, 5.41) is 29.6. The monoisotopic (exact) mass is 372 g/mol. The van der Waals surface area contributed by atoms with Crippen LogP contribution in [-0.4, -0.2) is 16.2 Å². The quantitative estimate of drug-likeness (QED) is 0.395. The van der Waals surface area contributed by atoms with E-state index in [2.05, 4.69) is 22.9 Å². The van der Waals surface area contributed by atoms with E-state index in [0.717, 1.165) is 0 Å². The minimum absolute atomic E-state index is 0.0981. The first-order valence-electron chi connectivity index (χ1n) is 7.28. The summed E-state index contributed by atoms with van der Waals surface area (Å²) in [6.07, 6.45) is 0. The number of nitrogens with zero attached hydrogens (tertiary/aromatic N) is 2. The van der Waals surface area contributed by atoms with Crippen LogP contribution in [0.5, 0.6) is 5.75 Å². The van der Waals surface area contributed by atoms with Crippen molar-refractivity contribution in [1.82, 2.24) is 0 Å². The molecule has 0 heterocycles. The zero-order valence-electron chi connectivity index (χ0n) is 13.1. The lowest BCUT2D eigenvalue weighted by Crippen LogP contribution is -1.97. The molecule has 7 heteroatoms. The van der Waals surface area contributed by atoms with Crippen LogP contribution in [0.2, 0.25) is 5.02 Å². The number of hydrogen-bond acceptors (Lipinski definition) is 5. The zero-order chi connectivity index (χ0) is 18.1. The lowest BCUT2D eigenvalue weighted by atomic mass is 10.0. The van der Waals surface area contributed by atoms with Crippen molar-refractivity contribution in [1.29, 1.82) is 0 Å². The number of fused-ring (bicyclic) bond motifs is 1. The molecule has 0 saturated carbocycles. The van der Waals surface area contributed by atoms with Gasteiger partial charge in [0.1, 0.15) is 11.3 Å². The minimum Gasteiger partial charge on any atom is -0.505 e. The molecular formula is C18H13ClN2O3S. The van der Waals surface area contributed by atoms with Gasteiger partial charge in [0.05, 0.1) is 10.7 Å². The molecule has 3 rings (SSSR count). The molecule has 0 fully saturated rings. The lowest BCUT2D eigenvalue weighted by Gasteiger charge is -2.08. The lowest BCUT2D eigenvalue weighted by molar-refractivity contribution is 0.0694. The van der Waals surface area contributed by atoms with E-state index in [4.69, 9.17) is 11.6 Å². The number of halogens is 1. The van der Waals surface area contributed by atoms with Gasteiger partial charge in [0.15, 0.2) is 5.75 Å². The van der Waals surface area contributed by atoms with Gasteiger partial charge in [-0.05, 0) is 36.1 Å². The Kier molecular flexibility index (Phi) is 4.65. The van der Waals surface area contributed by atoms with E-state index >= 15 is 0 Å². The third-order valence-electron chi connectivity index (χ3n) is 3.82. The van der Waals surface area contributed by atoms with Crippen molar-refractivity contribution in [2.24, 2.45) is 10.2 Å². The summed E-state index contributed by atoms with van der Waals surface area (Å²) in [4.78, 5) is 12.0. The number of carboxylic acids is 1. The van der Waals surface area contributed by atoms with Crippen LogP contribution in [0.1, 0.15) is 15.9 Å². The number of phenols is 1. The van der Waals surface area contributed by atoms with E-state index in [1.807, 2.05) is 0 Å². The van der Waals surface area contributed by atoms with Crippen LogP contribution in [0.15, 0.2) is 57.6 Å². The number of carboxylic acid groups (broad SMARTS) is 1. The van der Waals surface area contributed by atoms with Crippen LogP contribution in [0.25, 0.3) is 10.8 Å². The molecule has 25 heavy (non-hydrogen) atoms. The van der Waals surface area contributed by atoms with E-state index < -0.39 is 11.7 Å². The second kappa shape index (κ2) is 6.74. The molecule has 0 bridgehead atoms. The molecule has 0 spiro atoms. The van der Waals surface area contributed by atoms with Crippen molar-refractivity contribution in [3.63, 3.8) is 0 Å². The molecule has 0 aromatic heterocycles. The number of rotatable bonds is 3. The van der Waals surface area contributed by atoms with Crippen LogP contribution >= 0.6 is 24.2 Å². The van der Waals surface area contributed by atoms with Gasteiger partial charge in [-0.1, -0.05) is 35.9 Å². The highest BCUT2D eigenvalue weighted by Gasteiger charge is 2.17. The molecule has 0 unspecified atom stereocenters. The topological polar surface area (TPSA) is 82.2 Å². The molecule has 0 saturated heterocycles. The molecule has 0 aliphatic heterocycles. The predicted molar refractivity (Wildman–Crippen MR) is 100 cm³/mol. The maximum atomic E-state index is 11.4. The minimum atomic E-state index is -1.24. The highest BCUT2D eigenvalue weighted by Crippen LogP contribution is 2.40. The summed E-state index contributed by atoms with van der Waals surface area (Å²) in [6.45, 7) is 1.78. The van der Waals surface area contributed by atoms with E-state index in [-0.39, 0.29) is 11.3 Å². The summed E-state index contributed by atoms with van der Waals surface area (Å²) >= 11 is 10.4. The van der Waals surface area contributed by atoms with Gasteiger partial charge >= 0.3 is 5.97 Å². The molecule has 0 amide bonds. The SMILES string of the molecule is Cc1c(N=Nc2c(O)c(C(=O)O)cc3ccccc23)ccc(S)c1Cl. The Morgan fingerprint density at radius 3 is 2.60 bits per heavy atom. The molecule has 3 aromatic carbocycles. The van der Waals surface area contributed by atoms with Crippen molar-refractivity contribution in [2.75, 3.05) is 0 Å². The second-order valence-corrected chi connectivity index (χ2v) is 6.25. The fourth-order valence-electron chi connectivity index (χ4n) is 2.45. The molecule has 0 aliphatic rings. The van der Waals surface area contributed by atoms with Crippen LogP contribution in [0.3, 0.4) is 0 Å². The molecule has 5 nitrogen and oxygen atoms in total. The fraction of sp³-hybridized carbons (Fsp3) is 0.0556. The molecule has 2 N–H and O–H groups in total. The molecule has 126 valence electrons. The van der Waals surface area contributed by atoms with Gasteiger partial charge in [0.2, 0.25) is 0 Å². The highest BCUT2D eigenvalue weighted by molar-refractivity contribution is 7.80. The van der Waals surface area contributed by atoms with Gasteiger partial charge in [0, 0.05) is 10.3 Å². The summed E-state index contributed by atoms with van der Waals surface area (Å²) < 4.78 is 0. The summed E-state index contributed by atoms with van der Waals surface area (Å²) in [5.74, 6) is -1.66. The van der Waals surface area contributed by atoms with Crippen molar-refractivity contribution < 1.29 is 15.0 Å². The Bertz CT molecular complexity index is 1030. The molecular weight excluding hydrogens is 360 g/mol. The number of aromatic carboxylic acids is 1. The van der Waals surface area contributed by atoms with Gasteiger partial charge in [-0.3, -0.25) is 0 Å². The Morgan fingerprint density at radius 1 is 1.16 bits per heavy atom. The molecule has 0 aliphatic carbocycles. The average Bonchev–Trinajstić information content (AvgIpc) is 2.60. The number of thiol groups is 1. The Morgan fingerprint density at radius 2 is 1.88 bits per heavy atom. The largest absolute Gasteiger partial charge is 0.505 e. The Balaban J connectivity index is 2.20. The smallest absolute Gasteiger partial charge is 0.339 e. The van der Waals surface area contributed by atoms with Gasteiger partial charge in [-0.2, -0.15) is 5.11 Å². The van der Waals surface area contributed by atoms with Gasteiger partial charge in [0.25, 0.3) is 0 Å². The van der Waals surface area contributed by atoms with Gasteiger partial charge in [-0.25, -0.2) is 4.79 Å². The summed E-state index contributed by atoms with van der Waals surface area (Å²) in [7, 11) is 0. The second-order valence-electron chi connectivity index (χ2n) is 5.39. The first-order chi connectivity index (χ1) is 11.9. The summed E-state index contributed by atoms with van der Waals surface area (Å²) in [6, 6.07) is 11.8. The number of azo groups is 1. The number of carbonyl (C=O) groups is 1. The van der Waals surface area contributed by atoms with Gasteiger partial charge < -0.3 is 10.2 Å². The summed E-state index contributed by atoms with van der Waals surface area (Å²) in [5.41, 5.74) is 1.07. The van der Waals surface area contributed by atoms with Crippen LogP contribution in [0.4, 0.5) is 11.4 Å². The van der Waals surface area contributed by atoms with E-state index in [9.17, 15) is 15.0 Å². The number of hydrogen-bond donors (Lipinski definition) is 3. The van der Waals surface area contributed by atoms with Crippen molar-refractivity contribution >= 4 is 52.3 Å². The maximum absolute atomic E-state index is 11.4. The van der Waals surface area contributed by atoms with Crippen LogP contribution in [0, 0.1) is 6.92 Å². The first kappa shape index (κ1) is 17.3. The van der Waals surface area contributed by atoms with E-state index in [1.54, 1.807) is 43.3 Å².